The lowest BCUT2D eigenvalue weighted by Gasteiger charge is -2.20. The topological polar surface area (TPSA) is 65.0 Å². The van der Waals surface area contributed by atoms with Gasteiger partial charge in [0.2, 0.25) is 0 Å². The molecule has 0 aliphatic carbocycles. The van der Waals surface area contributed by atoms with Crippen molar-refractivity contribution in [2.75, 3.05) is 33.0 Å². The molecule has 254 valence electrons. The number of hydrogen-bond donors (Lipinski definition) is 1. The zero-order chi connectivity index (χ0) is 34.0. The average molecular weight is 641 g/mol. The van der Waals surface area contributed by atoms with E-state index in [0.29, 0.717) is 51.3 Å². The van der Waals surface area contributed by atoms with Crippen LogP contribution in [0.3, 0.4) is 0 Å². The molecule has 0 radical (unpaired) electrons. The maximum absolute atomic E-state index is 12.0. The molecule has 0 bridgehead atoms. The number of benzene rings is 3. The average Bonchev–Trinajstić information content (AvgIpc) is 3.07. The van der Waals surface area contributed by atoms with Gasteiger partial charge in [-0.15, -0.1) is 0 Å². The van der Waals surface area contributed by atoms with Crippen molar-refractivity contribution >= 4 is 5.97 Å². The molecule has 5 nitrogen and oxygen atoms in total. The molecule has 47 heavy (non-hydrogen) atoms. The molecule has 0 aromatic heterocycles. The molecule has 0 fully saturated rings. The zero-order valence-corrected chi connectivity index (χ0v) is 29.3. The molecule has 3 aromatic rings. The Hall–Kier alpha value is -3.67. The predicted molar refractivity (Wildman–Crippen MR) is 195 cm³/mol. The Morgan fingerprint density at radius 2 is 1.38 bits per heavy atom. The molecule has 0 unspecified atom stereocenters. The molecule has 0 saturated carbocycles. The van der Waals surface area contributed by atoms with Crippen LogP contribution in [0.25, 0.3) is 22.3 Å². The number of aryl methyl sites for hydroxylation is 4. The molecule has 0 saturated heterocycles. The summed E-state index contributed by atoms with van der Waals surface area (Å²) in [7, 11) is 0. The first-order valence-corrected chi connectivity index (χ1v) is 17.4. The molecule has 3 aromatic carbocycles. The lowest BCUT2D eigenvalue weighted by atomic mass is 9.89. The SMILES string of the molecule is C=C(C)COCCCc1cc(-c2ccc(-c3ccc(CCCCC)cc3)cc2CC)cc(CCCOC(=O)C(=C)C)c1OCCCO. The molecule has 5 heteroatoms. The third-order valence-corrected chi connectivity index (χ3v) is 8.20. The van der Waals surface area contributed by atoms with E-state index in [0.717, 1.165) is 53.7 Å². The van der Waals surface area contributed by atoms with Crippen molar-refractivity contribution in [3.63, 3.8) is 0 Å². The largest absolute Gasteiger partial charge is 0.493 e. The van der Waals surface area contributed by atoms with Gasteiger partial charge in [-0.05, 0) is 115 Å². The highest BCUT2D eigenvalue weighted by molar-refractivity contribution is 5.86. The fourth-order valence-electron chi connectivity index (χ4n) is 5.66. The van der Waals surface area contributed by atoms with E-state index in [1.165, 1.54) is 47.1 Å². The van der Waals surface area contributed by atoms with Crippen LogP contribution in [0.4, 0.5) is 0 Å². The first kappa shape index (κ1) is 37.8. The summed E-state index contributed by atoms with van der Waals surface area (Å²) in [5.41, 5.74) is 11.1. The molecule has 1 N–H and O–H groups in total. The highest BCUT2D eigenvalue weighted by atomic mass is 16.5. The number of esters is 1. The summed E-state index contributed by atoms with van der Waals surface area (Å²) in [5, 5.41) is 9.45. The van der Waals surface area contributed by atoms with Crippen LogP contribution in [0.15, 0.2) is 78.9 Å². The van der Waals surface area contributed by atoms with Crippen molar-refractivity contribution in [1.29, 1.82) is 0 Å². The second-order valence-corrected chi connectivity index (χ2v) is 12.6. The second-order valence-electron chi connectivity index (χ2n) is 12.6. The van der Waals surface area contributed by atoms with E-state index in [2.05, 4.69) is 81.6 Å². The van der Waals surface area contributed by atoms with Gasteiger partial charge in [-0.2, -0.15) is 0 Å². The first-order valence-electron chi connectivity index (χ1n) is 17.4. The smallest absolute Gasteiger partial charge is 0.333 e. The summed E-state index contributed by atoms with van der Waals surface area (Å²) < 4.78 is 17.6. The van der Waals surface area contributed by atoms with Gasteiger partial charge in [0.25, 0.3) is 0 Å². The summed E-state index contributed by atoms with van der Waals surface area (Å²) in [6, 6.07) is 20.3. The molecule has 0 heterocycles. The van der Waals surface area contributed by atoms with Gasteiger partial charge in [0, 0.05) is 25.2 Å². The number of rotatable bonds is 22. The van der Waals surface area contributed by atoms with Crippen LogP contribution in [0.2, 0.25) is 0 Å². The van der Waals surface area contributed by atoms with Gasteiger partial charge in [-0.1, -0.05) is 87.9 Å². The maximum Gasteiger partial charge on any atom is 0.333 e. The van der Waals surface area contributed by atoms with Crippen LogP contribution < -0.4 is 4.74 Å². The van der Waals surface area contributed by atoms with Crippen LogP contribution in [-0.4, -0.2) is 44.1 Å². The fraction of sp³-hybridized carbons (Fsp3) is 0.452. The zero-order valence-electron chi connectivity index (χ0n) is 29.3. The third-order valence-electron chi connectivity index (χ3n) is 8.20. The lowest BCUT2D eigenvalue weighted by molar-refractivity contribution is -0.139. The first-order chi connectivity index (χ1) is 22.8. The monoisotopic (exact) mass is 640 g/mol. The summed E-state index contributed by atoms with van der Waals surface area (Å²) in [5.74, 6) is 0.495. The van der Waals surface area contributed by atoms with Crippen molar-refractivity contribution in [3.8, 4) is 28.0 Å². The van der Waals surface area contributed by atoms with Crippen LogP contribution in [0.5, 0.6) is 5.75 Å². The molecule has 0 amide bonds. The molecule has 3 rings (SSSR count). The van der Waals surface area contributed by atoms with Gasteiger partial charge in [0.05, 0.1) is 19.8 Å². The van der Waals surface area contributed by atoms with Crippen molar-refractivity contribution < 1.29 is 24.1 Å². The van der Waals surface area contributed by atoms with E-state index in [4.69, 9.17) is 14.2 Å². The summed E-state index contributed by atoms with van der Waals surface area (Å²) in [6.45, 7) is 17.7. The summed E-state index contributed by atoms with van der Waals surface area (Å²) in [6.07, 6.45) is 9.33. The Morgan fingerprint density at radius 3 is 2.00 bits per heavy atom. The molecule has 0 aliphatic heterocycles. The highest BCUT2D eigenvalue weighted by Gasteiger charge is 2.17. The van der Waals surface area contributed by atoms with Crippen LogP contribution in [0, 0.1) is 0 Å². The molecule has 0 aliphatic rings. The molecular weight excluding hydrogens is 584 g/mol. The van der Waals surface area contributed by atoms with Gasteiger partial charge in [-0.3, -0.25) is 0 Å². The maximum atomic E-state index is 12.0. The van der Waals surface area contributed by atoms with Crippen LogP contribution >= 0.6 is 0 Å². The minimum Gasteiger partial charge on any atom is -0.493 e. The van der Waals surface area contributed by atoms with E-state index >= 15 is 0 Å². The number of hydrogen-bond acceptors (Lipinski definition) is 5. The van der Waals surface area contributed by atoms with E-state index in [1.54, 1.807) is 6.92 Å². The Bertz CT molecular complexity index is 1440. The minimum atomic E-state index is -0.368. The number of carbonyl (C=O) groups is 1. The number of carbonyl (C=O) groups excluding carboxylic acids is 1. The Morgan fingerprint density at radius 1 is 0.723 bits per heavy atom. The highest BCUT2D eigenvalue weighted by Crippen LogP contribution is 2.36. The number of aliphatic hydroxyl groups excluding tert-OH is 1. The van der Waals surface area contributed by atoms with Crippen molar-refractivity contribution in [2.24, 2.45) is 0 Å². The Labute approximate surface area is 283 Å². The normalized spacial score (nSPS) is 11.0. The quantitative estimate of drug-likeness (QED) is 0.0513. The molecule has 0 spiro atoms. The van der Waals surface area contributed by atoms with Crippen molar-refractivity contribution in [3.05, 3.63) is 101 Å². The van der Waals surface area contributed by atoms with Gasteiger partial charge < -0.3 is 19.3 Å². The minimum absolute atomic E-state index is 0.0716. The van der Waals surface area contributed by atoms with Crippen molar-refractivity contribution in [1.82, 2.24) is 0 Å². The van der Waals surface area contributed by atoms with E-state index < -0.39 is 0 Å². The summed E-state index contributed by atoms with van der Waals surface area (Å²) in [4.78, 5) is 12.0. The fourth-order valence-corrected chi connectivity index (χ4v) is 5.66. The van der Waals surface area contributed by atoms with Gasteiger partial charge in [0.1, 0.15) is 5.75 Å². The van der Waals surface area contributed by atoms with E-state index in [-0.39, 0.29) is 12.6 Å². The molecule has 0 atom stereocenters. The van der Waals surface area contributed by atoms with Gasteiger partial charge >= 0.3 is 5.97 Å². The Kier molecular flexibility index (Phi) is 16.5. The van der Waals surface area contributed by atoms with Crippen LogP contribution in [-0.2, 0) is 40.0 Å². The van der Waals surface area contributed by atoms with Crippen LogP contribution in [0.1, 0.15) is 88.5 Å². The number of unbranched alkanes of at least 4 members (excludes halogenated alkanes) is 2. The number of ether oxygens (including phenoxy) is 3. The van der Waals surface area contributed by atoms with Crippen molar-refractivity contribution in [2.45, 2.75) is 91.9 Å². The lowest BCUT2D eigenvalue weighted by Crippen LogP contribution is -2.09. The Balaban J connectivity index is 1.96. The van der Waals surface area contributed by atoms with E-state index in [9.17, 15) is 9.90 Å². The second kappa shape index (κ2) is 20.5. The summed E-state index contributed by atoms with van der Waals surface area (Å²) >= 11 is 0. The van der Waals surface area contributed by atoms with Gasteiger partial charge in [0.15, 0.2) is 0 Å². The third kappa shape index (κ3) is 12.5. The van der Waals surface area contributed by atoms with Gasteiger partial charge in [-0.25, -0.2) is 4.79 Å². The number of aliphatic hydroxyl groups is 1. The predicted octanol–water partition coefficient (Wildman–Crippen LogP) is 9.65. The standard InChI is InChI=1S/C42H56O5/c1-7-9-10-14-33-17-19-35(20-18-33)36-21-22-40(34(8-2)27-36)39-28-37(15-11-24-45-30-31(3)4)41(46-26-13-23-43)38(29-39)16-12-25-47-42(44)32(5)6/h17-22,27-29,43H,3,5,7-16,23-26,30H2,1-2,4,6H3. The van der Waals surface area contributed by atoms with E-state index in [1.807, 2.05) is 6.92 Å². The molecular formula is C42H56O5.